The summed E-state index contributed by atoms with van der Waals surface area (Å²) in [5.74, 6) is 0.600. The van der Waals surface area contributed by atoms with Crippen molar-refractivity contribution in [1.82, 2.24) is 9.21 Å². The smallest absolute Gasteiger partial charge is 0.252 e. The molecule has 1 N–H and O–H groups in total. The topological polar surface area (TPSA) is 70.1 Å². The number of sulfonamides is 1. The van der Waals surface area contributed by atoms with Crippen LogP contribution in [0.1, 0.15) is 24.8 Å². The monoisotopic (exact) mass is 474 g/mol. The summed E-state index contributed by atoms with van der Waals surface area (Å²) in [5.41, 5.74) is -0.200. The second-order valence-electron chi connectivity index (χ2n) is 8.00. The zero-order valence-corrected chi connectivity index (χ0v) is 20.3. The zero-order valence-electron chi connectivity index (χ0n) is 17.8. The van der Waals surface area contributed by atoms with Gasteiger partial charge in [-0.25, -0.2) is 8.42 Å². The molecule has 9 heteroatoms. The van der Waals surface area contributed by atoms with Gasteiger partial charge in [-0.2, -0.15) is 4.31 Å². The van der Waals surface area contributed by atoms with Crippen molar-refractivity contribution in [3.05, 3.63) is 47.3 Å². The largest absolute Gasteiger partial charge is 0.497 e. The minimum Gasteiger partial charge on any atom is -0.497 e. The van der Waals surface area contributed by atoms with Crippen molar-refractivity contribution in [3.63, 3.8) is 0 Å². The Kier molecular flexibility index (Phi) is 8.35. The van der Waals surface area contributed by atoms with Crippen molar-refractivity contribution in [2.24, 2.45) is 5.92 Å². The highest BCUT2D eigenvalue weighted by Crippen LogP contribution is 2.44. The molecular weight excluding hydrogens is 444 g/mol. The third-order valence-electron chi connectivity index (χ3n) is 5.89. The van der Waals surface area contributed by atoms with Gasteiger partial charge in [0.15, 0.2) is 0 Å². The average molecular weight is 475 g/mol. The first-order valence-corrected chi connectivity index (χ1v) is 12.0. The third kappa shape index (κ3) is 5.00. The highest BCUT2D eigenvalue weighted by Gasteiger charge is 2.46. The van der Waals surface area contributed by atoms with Crippen molar-refractivity contribution < 1.29 is 18.3 Å². The molecule has 0 saturated heterocycles. The number of ether oxygens (including phenoxy) is 1. The van der Waals surface area contributed by atoms with Gasteiger partial charge >= 0.3 is 0 Å². The van der Waals surface area contributed by atoms with Crippen molar-refractivity contribution >= 4 is 33.8 Å². The van der Waals surface area contributed by atoms with Gasteiger partial charge in [-0.05, 0) is 62.5 Å². The first-order chi connectivity index (χ1) is 13.7. The minimum atomic E-state index is -3.52. The molecule has 3 atom stereocenters. The van der Waals surface area contributed by atoms with E-state index in [4.69, 9.17) is 4.74 Å². The van der Waals surface area contributed by atoms with Crippen LogP contribution in [0.15, 0.2) is 46.0 Å². The first-order valence-electron chi connectivity index (χ1n) is 9.71. The van der Waals surface area contributed by atoms with E-state index in [0.717, 1.165) is 5.56 Å². The Balaban J connectivity index is 0.00000320. The average Bonchev–Trinajstić information content (AvgIpc) is 3.24. The molecule has 2 aromatic rings. The standard InChI is InChI=1S/C21H30N2O4S2.ClH/c1-22(2)15-17-13-18(23(3)29(25,26)20-9-6-12-28-20)10-11-21(17,24)16-7-5-8-19(14-16)27-4;/h5-9,12,14,17-18,24H,10-11,13,15H2,1-4H3;1H. The maximum Gasteiger partial charge on any atom is 0.252 e. The summed E-state index contributed by atoms with van der Waals surface area (Å²) in [6.45, 7) is 0.664. The predicted octanol–water partition coefficient (Wildman–Crippen LogP) is 3.42. The fraction of sp³-hybridized carbons (Fsp3) is 0.524. The highest BCUT2D eigenvalue weighted by atomic mass is 35.5. The molecule has 1 aliphatic rings. The van der Waals surface area contributed by atoms with Crippen LogP contribution in [0.25, 0.3) is 0 Å². The van der Waals surface area contributed by atoms with Crippen molar-refractivity contribution in [2.45, 2.75) is 35.1 Å². The quantitative estimate of drug-likeness (QED) is 0.665. The van der Waals surface area contributed by atoms with Crippen LogP contribution in [-0.4, -0.2) is 63.6 Å². The van der Waals surface area contributed by atoms with Gasteiger partial charge in [0.25, 0.3) is 10.0 Å². The molecule has 0 spiro atoms. The van der Waals surface area contributed by atoms with Crippen molar-refractivity contribution in [3.8, 4) is 5.75 Å². The lowest BCUT2D eigenvalue weighted by atomic mass is 9.69. The first kappa shape index (κ1) is 25.1. The molecule has 1 heterocycles. The molecule has 30 heavy (non-hydrogen) atoms. The molecule has 0 aliphatic heterocycles. The number of halogens is 1. The normalized spacial score (nSPS) is 24.6. The molecule has 1 aliphatic carbocycles. The Bertz CT molecular complexity index is 921. The highest BCUT2D eigenvalue weighted by molar-refractivity contribution is 7.91. The van der Waals surface area contributed by atoms with Gasteiger partial charge in [-0.3, -0.25) is 0 Å². The summed E-state index contributed by atoms with van der Waals surface area (Å²) in [6, 6.07) is 10.8. The van der Waals surface area contributed by atoms with E-state index >= 15 is 0 Å². The third-order valence-corrected chi connectivity index (χ3v) is 9.17. The summed E-state index contributed by atoms with van der Waals surface area (Å²) in [7, 11) is 3.69. The van der Waals surface area contributed by atoms with E-state index < -0.39 is 15.6 Å². The van der Waals surface area contributed by atoms with Gasteiger partial charge in [0, 0.05) is 25.6 Å². The maximum atomic E-state index is 13.0. The van der Waals surface area contributed by atoms with Crippen LogP contribution in [-0.2, 0) is 15.6 Å². The maximum absolute atomic E-state index is 13.0. The van der Waals surface area contributed by atoms with Gasteiger partial charge in [0.05, 0.1) is 12.7 Å². The summed E-state index contributed by atoms with van der Waals surface area (Å²) in [4.78, 5) is 2.05. The van der Waals surface area contributed by atoms with Crippen LogP contribution in [0.4, 0.5) is 0 Å². The number of hydrogen-bond donors (Lipinski definition) is 1. The van der Waals surface area contributed by atoms with Crippen LogP contribution in [0, 0.1) is 5.92 Å². The van der Waals surface area contributed by atoms with Crippen LogP contribution in [0.3, 0.4) is 0 Å². The van der Waals surface area contributed by atoms with E-state index in [0.29, 0.717) is 35.8 Å². The molecule has 1 aromatic carbocycles. The molecule has 6 nitrogen and oxygen atoms in total. The van der Waals surface area contributed by atoms with E-state index in [1.54, 1.807) is 31.7 Å². The number of aliphatic hydroxyl groups is 1. The van der Waals surface area contributed by atoms with Gasteiger partial charge in [-0.15, -0.1) is 23.7 Å². The molecule has 0 amide bonds. The van der Waals surface area contributed by atoms with Crippen molar-refractivity contribution in [1.29, 1.82) is 0 Å². The molecule has 1 saturated carbocycles. The summed E-state index contributed by atoms with van der Waals surface area (Å²) in [6.07, 6.45) is 1.68. The summed E-state index contributed by atoms with van der Waals surface area (Å²) >= 11 is 1.23. The second kappa shape index (κ2) is 9.97. The Morgan fingerprint density at radius 2 is 1.97 bits per heavy atom. The van der Waals surface area contributed by atoms with E-state index in [-0.39, 0.29) is 24.4 Å². The molecule has 1 aromatic heterocycles. The van der Waals surface area contributed by atoms with Crippen LogP contribution < -0.4 is 4.74 Å². The lowest BCUT2D eigenvalue weighted by molar-refractivity contribution is -0.0745. The Morgan fingerprint density at radius 3 is 2.57 bits per heavy atom. The Labute approximate surface area is 189 Å². The molecule has 3 rings (SSSR count). The van der Waals surface area contributed by atoms with E-state index in [9.17, 15) is 13.5 Å². The fourth-order valence-corrected chi connectivity index (χ4v) is 6.82. The van der Waals surface area contributed by atoms with Crippen LogP contribution in [0.2, 0.25) is 0 Å². The van der Waals surface area contributed by atoms with Crippen molar-refractivity contribution in [2.75, 3.05) is 34.8 Å². The summed E-state index contributed by atoms with van der Waals surface area (Å²) in [5, 5.41) is 13.5. The van der Waals surface area contributed by atoms with E-state index in [1.165, 1.54) is 15.6 Å². The number of rotatable bonds is 7. The molecule has 0 radical (unpaired) electrons. The Hall–Kier alpha value is -1.16. The molecule has 0 bridgehead atoms. The predicted molar refractivity (Wildman–Crippen MR) is 123 cm³/mol. The molecule has 168 valence electrons. The Morgan fingerprint density at radius 1 is 1.23 bits per heavy atom. The van der Waals surface area contributed by atoms with Crippen LogP contribution in [0.5, 0.6) is 5.75 Å². The zero-order chi connectivity index (χ0) is 21.2. The molecule has 3 unspecified atom stereocenters. The number of hydrogen-bond acceptors (Lipinski definition) is 6. The number of methoxy groups -OCH3 is 1. The second-order valence-corrected chi connectivity index (χ2v) is 11.2. The van der Waals surface area contributed by atoms with Gasteiger partial charge in [0.1, 0.15) is 9.96 Å². The van der Waals surface area contributed by atoms with E-state index in [2.05, 4.69) is 0 Å². The molecule has 1 fully saturated rings. The number of nitrogens with zero attached hydrogens (tertiary/aromatic N) is 2. The lowest BCUT2D eigenvalue weighted by Crippen LogP contribution is -2.50. The lowest BCUT2D eigenvalue weighted by Gasteiger charge is -2.46. The van der Waals surface area contributed by atoms with Gasteiger partial charge < -0.3 is 14.7 Å². The van der Waals surface area contributed by atoms with E-state index in [1.807, 2.05) is 43.3 Å². The number of benzene rings is 1. The fourth-order valence-electron chi connectivity index (χ4n) is 4.25. The SMILES string of the molecule is COc1cccc(C2(O)CCC(N(C)S(=O)(=O)c3cccs3)CC2CN(C)C)c1.Cl. The van der Waals surface area contributed by atoms with Gasteiger partial charge in [-0.1, -0.05) is 18.2 Å². The molecular formula is C21H31ClN2O4S2. The number of thiophene rings is 1. The van der Waals surface area contributed by atoms with Crippen LogP contribution >= 0.6 is 23.7 Å². The summed E-state index contributed by atoms with van der Waals surface area (Å²) < 4.78 is 33.2. The minimum absolute atomic E-state index is 0. The van der Waals surface area contributed by atoms with Gasteiger partial charge in [0.2, 0.25) is 0 Å².